The molecule has 0 aliphatic rings. The highest BCUT2D eigenvalue weighted by Crippen LogP contribution is 2.22. The van der Waals surface area contributed by atoms with Gasteiger partial charge in [-0.05, 0) is 29.3 Å². The maximum Gasteiger partial charge on any atom is 0.177 e. The fourth-order valence-electron chi connectivity index (χ4n) is 1.66. The van der Waals surface area contributed by atoms with Crippen molar-refractivity contribution in [3.8, 4) is 11.4 Å². The molecule has 0 aliphatic heterocycles. The van der Waals surface area contributed by atoms with Gasteiger partial charge < -0.3 is 9.84 Å². The molecule has 0 saturated heterocycles. The summed E-state index contributed by atoms with van der Waals surface area (Å²) in [6.45, 7) is 2.09. The zero-order valence-corrected chi connectivity index (χ0v) is 10.5. The van der Waals surface area contributed by atoms with Crippen molar-refractivity contribution < 1.29 is 9.84 Å². The van der Waals surface area contributed by atoms with Gasteiger partial charge in [-0.1, -0.05) is 13.0 Å². The van der Waals surface area contributed by atoms with Crippen LogP contribution in [0.15, 0.2) is 18.2 Å². The second-order valence-corrected chi connectivity index (χ2v) is 3.83. The molecular weight excluding hydrogens is 232 g/mol. The van der Waals surface area contributed by atoms with Gasteiger partial charge in [0.05, 0.1) is 13.7 Å². The third-order valence-corrected chi connectivity index (χ3v) is 2.66. The van der Waals surface area contributed by atoms with E-state index in [4.69, 9.17) is 9.84 Å². The topological polar surface area (TPSA) is 73.1 Å². The first-order valence-corrected chi connectivity index (χ1v) is 5.85. The Kier molecular flexibility index (Phi) is 3.88. The second kappa shape index (κ2) is 5.59. The molecular formula is C12H16N4O2. The molecule has 2 rings (SSSR count). The van der Waals surface area contributed by atoms with E-state index in [0.29, 0.717) is 18.0 Å². The monoisotopic (exact) mass is 248 g/mol. The number of aliphatic hydroxyl groups excluding tert-OH is 1. The van der Waals surface area contributed by atoms with Gasteiger partial charge in [0.25, 0.3) is 0 Å². The molecule has 18 heavy (non-hydrogen) atoms. The molecule has 0 fully saturated rings. The van der Waals surface area contributed by atoms with E-state index in [2.05, 4.69) is 22.3 Å². The number of aryl methyl sites for hydroxylation is 1. The Balaban J connectivity index is 2.40. The van der Waals surface area contributed by atoms with Crippen LogP contribution in [0.5, 0.6) is 5.75 Å². The van der Waals surface area contributed by atoms with Crippen LogP contribution in [0.3, 0.4) is 0 Å². The van der Waals surface area contributed by atoms with E-state index >= 15 is 0 Å². The number of hydrogen-bond acceptors (Lipinski definition) is 5. The first kappa shape index (κ1) is 12.5. The van der Waals surface area contributed by atoms with Crippen LogP contribution in [0, 0.1) is 0 Å². The molecule has 0 unspecified atom stereocenters. The van der Waals surface area contributed by atoms with E-state index < -0.39 is 0 Å². The van der Waals surface area contributed by atoms with Gasteiger partial charge in [-0.3, -0.25) is 0 Å². The van der Waals surface area contributed by atoms with Crippen molar-refractivity contribution >= 4 is 0 Å². The van der Waals surface area contributed by atoms with Gasteiger partial charge in [-0.15, -0.1) is 15.0 Å². The van der Waals surface area contributed by atoms with Gasteiger partial charge in [0.1, 0.15) is 11.4 Å². The molecule has 1 heterocycles. The van der Waals surface area contributed by atoms with Crippen molar-refractivity contribution in [2.45, 2.75) is 19.8 Å². The van der Waals surface area contributed by atoms with Crippen molar-refractivity contribution in [1.82, 2.24) is 20.2 Å². The van der Waals surface area contributed by atoms with Crippen LogP contribution in [0.25, 0.3) is 5.69 Å². The van der Waals surface area contributed by atoms with Crippen LogP contribution in [0.1, 0.15) is 18.3 Å². The Labute approximate surface area is 105 Å². The molecule has 0 amide bonds. The fraction of sp³-hybridized carbons (Fsp3) is 0.417. The minimum absolute atomic E-state index is 0.0117. The van der Waals surface area contributed by atoms with E-state index in [1.54, 1.807) is 7.11 Å². The molecule has 0 saturated carbocycles. The summed E-state index contributed by atoms with van der Waals surface area (Å²) in [5, 5.41) is 20.9. The zero-order chi connectivity index (χ0) is 13.0. The number of aromatic nitrogens is 4. The Bertz CT molecular complexity index is 525. The molecule has 1 N–H and O–H groups in total. The molecule has 96 valence electrons. The van der Waals surface area contributed by atoms with Crippen LogP contribution in [0.2, 0.25) is 0 Å². The predicted octanol–water partition coefficient (Wildman–Crippen LogP) is 0.768. The maximum absolute atomic E-state index is 8.84. The molecule has 0 atom stereocenters. The lowest BCUT2D eigenvalue weighted by Gasteiger charge is -2.08. The summed E-state index contributed by atoms with van der Waals surface area (Å²) in [4.78, 5) is 1.43. The summed E-state index contributed by atoms with van der Waals surface area (Å²) in [5.41, 5.74) is 1.93. The number of nitrogens with zero attached hydrogens (tertiary/aromatic N) is 4. The van der Waals surface area contributed by atoms with Gasteiger partial charge in [-0.2, -0.15) is 0 Å². The van der Waals surface area contributed by atoms with E-state index in [0.717, 1.165) is 12.1 Å². The average Bonchev–Trinajstić information content (AvgIpc) is 2.87. The lowest BCUT2D eigenvalue weighted by Crippen LogP contribution is -2.03. The minimum Gasteiger partial charge on any atom is -0.494 e. The van der Waals surface area contributed by atoms with Crippen molar-refractivity contribution in [2.75, 3.05) is 13.7 Å². The summed E-state index contributed by atoms with van der Waals surface area (Å²) in [5.74, 6) is 1.21. The van der Waals surface area contributed by atoms with Gasteiger partial charge in [0.2, 0.25) is 0 Å². The molecule has 6 nitrogen and oxygen atoms in total. The summed E-state index contributed by atoms with van der Waals surface area (Å²) < 4.78 is 5.29. The lowest BCUT2D eigenvalue weighted by atomic mass is 10.1. The summed E-state index contributed by atoms with van der Waals surface area (Å²) in [7, 11) is 1.61. The molecule has 0 bridgehead atoms. The lowest BCUT2D eigenvalue weighted by molar-refractivity contribution is 0.296. The highest BCUT2D eigenvalue weighted by molar-refractivity contribution is 5.47. The first-order chi connectivity index (χ1) is 8.78. The Morgan fingerprint density at radius 3 is 2.89 bits per heavy atom. The highest BCUT2D eigenvalue weighted by Gasteiger charge is 2.10. The first-order valence-electron chi connectivity index (χ1n) is 5.85. The standard InChI is InChI=1S/C12H16N4O2/c1-3-9-4-5-11(18-2)10(8-9)16-14-12(6-7-17)13-15-16/h4-5,8,17H,3,6-7H2,1-2H3. The predicted molar refractivity (Wildman–Crippen MR) is 65.9 cm³/mol. The number of aliphatic hydroxyl groups is 1. The van der Waals surface area contributed by atoms with Crippen molar-refractivity contribution in [3.05, 3.63) is 29.6 Å². The number of rotatable bonds is 5. The zero-order valence-electron chi connectivity index (χ0n) is 10.5. The van der Waals surface area contributed by atoms with Gasteiger partial charge in [0.15, 0.2) is 5.82 Å². The number of methoxy groups -OCH3 is 1. The number of ether oxygens (including phenoxy) is 1. The van der Waals surface area contributed by atoms with Crippen molar-refractivity contribution in [3.63, 3.8) is 0 Å². The Hall–Kier alpha value is -1.95. The Morgan fingerprint density at radius 2 is 2.22 bits per heavy atom. The molecule has 0 radical (unpaired) electrons. The van der Waals surface area contributed by atoms with E-state index in [-0.39, 0.29) is 6.61 Å². The molecule has 0 aliphatic carbocycles. The van der Waals surface area contributed by atoms with Gasteiger partial charge in [0, 0.05) is 6.42 Å². The number of tetrazole rings is 1. The van der Waals surface area contributed by atoms with Gasteiger partial charge in [-0.25, -0.2) is 0 Å². The third-order valence-electron chi connectivity index (χ3n) is 2.66. The maximum atomic E-state index is 8.84. The van der Waals surface area contributed by atoms with Crippen molar-refractivity contribution in [2.24, 2.45) is 0 Å². The van der Waals surface area contributed by atoms with E-state index in [9.17, 15) is 0 Å². The highest BCUT2D eigenvalue weighted by atomic mass is 16.5. The average molecular weight is 248 g/mol. The summed E-state index contributed by atoms with van der Waals surface area (Å²) in [6.07, 6.45) is 1.32. The summed E-state index contributed by atoms with van der Waals surface area (Å²) in [6, 6.07) is 5.88. The molecule has 0 spiro atoms. The smallest absolute Gasteiger partial charge is 0.177 e. The minimum atomic E-state index is 0.0117. The van der Waals surface area contributed by atoms with E-state index in [1.165, 1.54) is 10.4 Å². The van der Waals surface area contributed by atoms with Crippen LogP contribution in [-0.4, -0.2) is 39.0 Å². The van der Waals surface area contributed by atoms with Crippen molar-refractivity contribution in [1.29, 1.82) is 0 Å². The largest absolute Gasteiger partial charge is 0.494 e. The summed E-state index contributed by atoms with van der Waals surface area (Å²) >= 11 is 0. The SMILES string of the molecule is CCc1ccc(OC)c(-n2nnc(CCO)n2)c1. The Morgan fingerprint density at radius 1 is 1.39 bits per heavy atom. The molecule has 1 aromatic carbocycles. The van der Waals surface area contributed by atoms with Crippen LogP contribution >= 0.6 is 0 Å². The van der Waals surface area contributed by atoms with Gasteiger partial charge >= 0.3 is 0 Å². The normalized spacial score (nSPS) is 10.6. The number of benzene rings is 1. The molecule has 1 aromatic heterocycles. The third kappa shape index (κ3) is 2.48. The molecule has 6 heteroatoms. The second-order valence-electron chi connectivity index (χ2n) is 3.83. The number of hydrogen-bond donors (Lipinski definition) is 1. The van der Waals surface area contributed by atoms with Crippen LogP contribution in [-0.2, 0) is 12.8 Å². The molecule has 2 aromatic rings. The fourth-order valence-corrected chi connectivity index (χ4v) is 1.66. The quantitative estimate of drug-likeness (QED) is 0.846. The van der Waals surface area contributed by atoms with E-state index in [1.807, 2.05) is 18.2 Å². The van der Waals surface area contributed by atoms with Crippen LogP contribution in [0.4, 0.5) is 0 Å². The van der Waals surface area contributed by atoms with Crippen LogP contribution < -0.4 is 4.74 Å².